The maximum atomic E-state index is 11.9. The Bertz CT molecular complexity index is 483. The highest BCUT2D eigenvalue weighted by molar-refractivity contribution is 6.34. The summed E-state index contributed by atoms with van der Waals surface area (Å²) in [4.78, 5) is 22.1. The van der Waals surface area contributed by atoms with Gasteiger partial charge in [-0.2, -0.15) is 0 Å². The lowest BCUT2D eigenvalue weighted by atomic mass is 10.1. The van der Waals surface area contributed by atoms with Crippen molar-refractivity contribution in [3.8, 4) is 0 Å². The maximum Gasteiger partial charge on any atom is 0.283 e. The van der Waals surface area contributed by atoms with Gasteiger partial charge in [-0.25, -0.2) is 0 Å². The van der Waals surface area contributed by atoms with Gasteiger partial charge in [-0.3, -0.25) is 14.9 Å². The number of nitrogens with one attached hydrogen (secondary N) is 1. The predicted molar refractivity (Wildman–Crippen MR) is 76.6 cm³/mol. The fourth-order valence-electron chi connectivity index (χ4n) is 1.51. The van der Waals surface area contributed by atoms with Gasteiger partial charge in [0.15, 0.2) is 0 Å². The van der Waals surface area contributed by atoms with Crippen LogP contribution in [0.4, 0.5) is 5.69 Å². The van der Waals surface area contributed by atoms with Crippen LogP contribution in [0.15, 0.2) is 18.2 Å². The van der Waals surface area contributed by atoms with Crippen molar-refractivity contribution in [2.24, 2.45) is 0 Å². The van der Waals surface area contributed by atoms with Crippen LogP contribution in [0.3, 0.4) is 0 Å². The van der Waals surface area contributed by atoms with E-state index in [9.17, 15) is 14.9 Å². The first-order chi connectivity index (χ1) is 9.57. The van der Waals surface area contributed by atoms with Crippen molar-refractivity contribution in [1.82, 2.24) is 5.32 Å². The molecule has 0 aliphatic carbocycles. The van der Waals surface area contributed by atoms with Crippen molar-refractivity contribution < 1.29 is 14.5 Å². The van der Waals surface area contributed by atoms with Crippen LogP contribution in [0.25, 0.3) is 0 Å². The third kappa shape index (κ3) is 4.96. The van der Waals surface area contributed by atoms with Crippen molar-refractivity contribution in [3.63, 3.8) is 0 Å². The minimum atomic E-state index is -0.635. The van der Waals surface area contributed by atoms with Gasteiger partial charge in [-0.15, -0.1) is 11.6 Å². The highest BCUT2D eigenvalue weighted by Crippen LogP contribution is 2.25. The van der Waals surface area contributed by atoms with Crippen molar-refractivity contribution in [1.29, 1.82) is 0 Å². The molecule has 1 N–H and O–H groups in total. The van der Waals surface area contributed by atoms with E-state index in [1.807, 2.05) is 0 Å². The van der Waals surface area contributed by atoms with Crippen molar-refractivity contribution >= 4 is 34.8 Å². The number of halogens is 2. The molecule has 0 aromatic heterocycles. The van der Waals surface area contributed by atoms with Crippen LogP contribution in [0.5, 0.6) is 0 Å². The third-order valence-electron chi connectivity index (χ3n) is 2.39. The van der Waals surface area contributed by atoms with Gasteiger partial charge in [0.1, 0.15) is 5.56 Å². The Kier molecular flexibility index (Phi) is 7.28. The molecule has 0 fully saturated rings. The van der Waals surface area contributed by atoms with Gasteiger partial charge in [0.25, 0.3) is 11.6 Å². The average Bonchev–Trinajstić information content (AvgIpc) is 2.42. The molecule has 0 spiro atoms. The monoisotopic (exact) mass is 320 g/mol. The molecule has 6 nitrogen and oxygen atoms in total. The zero-order valence-corrected chi connectivity index (χ0v) is 12.1. The molecule has 0 heterocycles. The topological polar surface area (TPSA) is 81.5 Å². The summed E-state index contributed by atoms with van der Waals surface area (Å²) in [5.41, 5.74) is -0.436. The Morgan fingerprint density at radius 2 is 2.15 bits per heavy atom. The van der Waals surface area contributed by atoms with Crippen LogP contribution in [-0.4, -0.2) is 36.5 Å². The number of hydrogen-bond acceptors (Lipinski definition) is 4. The zero-order valence-electron chi connectivity index (χ0n) is 10.6. The third-order valence-corrected chi connectivity index (χ3v) is 2.86. The van der Waals surface area contributed by atoms with Crippen molar-refractivity contribution in [2.75, 3.05) is 25.6 Å². The molecular formula is C12H14Cl2N2O4. The molecule has 110 valence electrons. The Hall–Kier alpha value is -1.37. The molecule has 1 aromatic rings. The number of amides is 1. The van der Waals surface area contributed by atoms with Gasteiger partial charge in [-0.1, -0.05) is 17.7 Å². The van der Waals surface area contributed by atoms with Gasteiger partial charge < -0.3 is 10.1 Å². The predicted octanol–water partition coefficient (Wildman–Crippen LogP) is 2.62. The molecule has 0 atom stereocenters. The molecule has 0 unspecified atom stereocenters. The number of nitro groups is 1. The summed E-state index contributed by atoms with van der Waals surface area (Å²) < 4.78 is 5.14. The number of nitro benzene ring substituents is 1. The second kappa shape index (κ2) is 8.73. The summed E-state index contributed by atoms with van der Waals surface area (Å²) >= 11 is 11.3. The summed E-state index contributed by atoms with van der Waals surface area (Å²) in [6, 6.07) is 4.11. The number of rotatable bonds is 8. The van der Waals surface area contributed by atoms with E-state index in [1.54, 1.807) is 0 Å². The van der Waals surface area contributed by atoms with E-state index in [1.165, 1.54) is 18.2 Å². The lowest BCUT2D eigenvalue weighted by molar-refractivity contribution is -0.385. The van der Waals surface area contributed by atoms with Gasteiger partial charge in [0.2, 0.25) is 0 Å². The molecule has 1 aromatic carbocycles. The van der Waals surface area contributed by atoms with Crippen molar-refractivity contribution in [2.45, 2.75) is 6.42 Å². The second-order valence-electron chi connectivity index (χ2n) is 3.80. The largest absolute Gasteiger partial charge is 0.380 e. The number of nitrogens with zero attached hydrogens (tertiary/aromatic N) is 1. The molecule has 0 saturated heterocycles. The van der Waals surface area contributed by atoms with E-state index in [2.05, 4.69) is 5.32 Å². The number of alkyl halides is 1. The number of carbonyl (C=O) groups is 1. The summed E-state index contributed by atoms with van der Waals surface area (Å²) in [7, 11) is 0. The van der Waals surface area contributed by atoms with Gasteiger partial charge in [0, 0.05) is 25.1 Å². The Balaban J connectivity index is 2.57. The van der Waals surface area contributed by atoms with Crippen LogP contribution in [0, 0.1) is 10.1 Å². The lowest BCUT2D eigenvalue weighted by Gasteiger charge is -2.07. The van der Waals surface area contributed by atoms with E-state index in [0.29, 0.717) is 32.1 Å². The maximum absolute atomic E-state index is 11.9. The Morgan fingerprint density at radius 3 is 2.80 bits per heavy atom. The van der Waals surface area contributed by atoms with Gasteiger partial charge >= 0.3 is 0 Å². The Morgan fingerprint density at radius 1 is 1.40 bits per heavy atom. The molecule has 0 aliphatic heterocycles. The van der Waals surface area contributed by atoms with Crippen LogP contribution >= 0.6 is 23.2 Å². The quantitative estimate of drug-likeness (QED) is 0.345. The Labute approximate surface area is 126 Å². The normalized spacial score (nSPS) is 10.3. The van der Waals surface area contributed by atoms with Crippen LogP contribution in [-0.2, 0) is 4.74 Å². The van der Waals surface area contributed by atoms with E-state index in [4.69, 9.17) is 27.9 Å². The SMILES string of the molecule is O=C(NCCCOCCCl)c1c(Cl)cccc1[N+](=O)[O-]. The smallest absolute Gasteiger partial charge is 0.283 e. The minimum Gasteiger partial charge on any atom is -0.380 e. The first-order valence-electron chi connectivity index (χ1n) is 5.92. The summed E-state index contributed by atoms with van der Waals surface area (Å²) in [5, 5.41) is 13.5. The number of benzene rings is 1. The minimum absolute atomic E-state index is 0.0510. The standard InChI is InChI=1S/C12H14Cl2N2O4/c13-5-8-20-7-2-6-15-12(17)11-9(14)3-1-4-10(11)16(18)19/h1,3-4H,2,5-8H2,(H,15,17). The highest BCUT2D eigenvalue weighted by Gasteiger charge is 2.22. The van der Waals surface area contributed by atoms with E-state index < -0.39 is 10.8 Å². The molecular weight excluding hydrogens is 307 g/mol. The van der Waals surface area contributed by atoms with E-state index in [-0.39, 0.29) is 16.3 Å². The van der Waals surface area contributed by atoms with E-state index >= 15 is 0 Å². The number of ether oxygens (including phenoxy) is 1. The lowest BCUT2D eigenvalue weighted by Crippen LogP contribution is -2.26. The first-order valence-corrected chi connectivity index (χ1v) is 6.84. The molecule has 0 saturated carbocycles. The first kappa shape index (κ1) is 16.7. The number of carbonyl (C=O) groups excluding carboxylic acids is 1. The molecule has 0 bridgehead atoms. The molecule has 1 rings (SSSR count). The highest BCUT2D eigenvalue weighted by atomic mass is 35.5. The second-order valence-corrected chi connectivity index (χ2v) is 4.59. The molecule has 20 heavy (non-hydrogen) atoms. The zero-order chi connectivity index (χ0) is 15.0. The molecule has 0 aliphatic rings. The molecule has 1 amide bonds. The van der Waals surface area contributed by atoms with Crippen LogP contribution < -0.4 is 5.32 Å². The molecule has 0 radical (unpaired) electrons. The summed E-state index contributed by atoms with van der Waals surface area (Å²) in [6.45, 7) is 1.24. The van der Waals surface area contributed by atoms with Gasteiger partial charge in [-0.05, 0) is 12.5 Å². The fourth-order valence-corrected chi connectivity index (χ4v) is 1.88. The van der Waals surface area contributed by atoms with Crippen molar-refractivity contribution in [3.05, 3.63) is 38.9 Å². The van der Waals surface area contributed by atoms with Crippen LogP contribution in [0.1, 0.15) is 16.8 Å². The average molecular weight is 321 g/mol. The summed E-state index contributed by atoms with van der Waals surface area (Å²) in [6.07, 6.45) is 0.584. The fraction of sp³-hybridized carbons (Fsp3) is 0.417. The summed E-state index contributed by atoms with van der Waals surface area (Å²) in [5.74, 6) is -0.155. The van der Waals surface area contributed by atoms with E-state index in [0.717, 1.165) is 0 Å². The van der Waals surface area contributed by atoms with Crippen LogP contribution in [0.2, 0.25) is 5.02 Å². The number of hydrogen-bond donors (Lipinski definition) is 1. The molecule has 8 heteroatoms. The van der Waals surface area contributed by atoms with Gasteiger partial charge in [0.05, 0.1) is 16.6 Å².